The fraction of sp³-hybridized carbons (Fsp3) is 0.462. The maximum Gasteiger partial charge on any atom is 0.188 e. The van der Waals surface area contributed by atoms with Gasteiger partial charge in [0.1, 0.15) is 17.5 Å². The topological polar surface area (TPSA) is 63.0 Å². The summed E-state index contributed by atoms with van der Waals surface area (Å²) < 4.78 is 5.52. The van der Waals surface area contributed by atoms with Gasteiger partial charge < -0.3 is 4.74 Å². The Morgan fingerprint density at radius 2 is 2.28 bits per heavy atom. The third-order valence-electron chi connectivity index (χ3n) is 2.10. The Bertz CT molecular complexity index is 492. The molecule has 0 fully saturated rings. The summed E-state index contributed by atoms with van der Waals surface area (Å²) >= 11 is 1.53. The molecule has 0 aliphatic rings. The second-order valence-electron chi connectivity index (χ2n) is 4.23. The van der Waals surface area contributed by atoms with Crippen LogP contribution in [-0.2, 0) is 0 Å². The summed E-state index contributed by atoms with van der Waals surface area (Å²) in [6.07, 6.45) is 1.48. The van der Waals surface area contributed by atoms with Gasteiger partial charge in [-0.15, -0.1) is 11.8 Å². The molecule has 0 saturated heterocycles. The van der Waals surface area contributed by atoms with Gasteiger partial charge in [-0.2, -0.15) is 5.26 Å². The summed E-state index contributed by atoms with van der Waals surface area (Å²) in [4.78, 5) is 16.3. The lowest BCUT2D eigenvalue weighted by atomic mass is 10.2. The first kappa shape index (κ1) is 14.5. The Balaban J connectivity index is 3.08. The minimum atomic E-state index is -0.909. The SMILES string of the molecule is CCSc1cc(OC(C)(C)C#N)cnc1C(C)=O. The first-order chi connectivity index (χ1) is 8.39. The van der Waals surface area contributed by atoms with Crippen molar-refractivity contribution in [1.29, 1.82) is 5.26 Å². The van der Waals surface area contributed by atoms with E-state index in [9.17, 15) is 4.79 Å². The molecular weight excluding hydrogens is 248 g/mol. The molecule has 0 aliphatic carbocycles. The van der Waals surface area contributed by atoms with Crippen molar-refractivity contribution in [3.63, 3.8) is 0 Å². The summed E-state index contributed by atoms with van der Waals surface area (Å²) in [5.74, 6) is 1.27. The minimum Gasteiger partial charge on any atom is -0.471 e. The molecule has 96 valence electrons. The van der Waals surface area contributed by atoms with E-state index < -0.39 is 5.60 Å². The van der Waals surface area contributed by atoms with Crippen molar-refractivity contribution in [3.8, 4) is 11.8 Å². The molecule has 0 bridgehead atoms. The average molecular weight is 264 g/mol. The number of rotatable bonds is 5. The highest BCUT2D eigenvalue weighted by Gasteiger charge is 2.20. The third-order valence-corrected chi connectivity index (χ3v) is 3.01. The van der Waals surface area contributed by atoms with Crippen LogP contribution in [-0.4, -0.2) is 22.1 Å². The predicted octanol–water partition coefficient (Wildman–Crippen LogP) is 3.08. The summed E-state index contributed by atoms with van der Waals surface area (Å²) in [5.41, 5.74) is -0.461. The molecule has 1 aromatic heterocycles. The number of Topliss-reactive ketones (excluding diaryl/α,β-unsaturated/α-hetero) is 1. The summed E-state index contributed by atoms with van der Waals surface area (Å²) in [5, 5.41) is 8.92. The highest BCUT2D eigenvalue weighted by atomic mass is 32.2. The zero-order valence-corrected chi connectivity index (χ0v) is 11.8. The van der Waals surface area contributed by atoms with Crippen LogP contribution in [0.1, 0.15) is 38.2 Å². The van der Waals surface area contributed by atoms with E-state index in [1.165, 1.54) is 24.9 Å². The first-order valence-corrected chi connectivity index (χ1v) is 6.62. The lowest BCUT2D eigenvalue weighted by molar-refractivity contribution is 0.100. The van der Waals surface area contributed by atoms with Crippen molar-refractivity contribution < 1.29 is 9.53 Å². The van der Waals surface area contributed by atoms with Gasteiger partial charge in [0, 0.05) is 11.8 Å². The molecule has 1 heterocycles. The summed E-state index contributed by atoms with van der Waals surface area (Å²) in [7, 11) is 0. The van der Waals surface area contributed by atoms with Crippen LogP contribution in [0, 0.1) is 11.3 Å². The van der Waals surface area contributed by atoms with Crippen molar-refractivity contribution in [2.24, 2.45) is 0 Å². The monoisotopic (exact) mass is 264 g/mol. The average Bonchev–Trinajstić information content (AvgIpc) is 2.29. The van der Waals surface area contributed by atoms with Gasteiger partial charge in [0.25, 0.3) is 0 Å². The number of carbonyl (C=O) groups excluding carboxylic acids is 1. The lowest BCUT2D eigenvalue weighted by Gasteiger charge is -2.18. The molecular formula is C13H16N2O2S. The molecule has 0 amide bonds. The minimum absolute atomic E-state index is 0.0722. The van der Waals surface area contributed by atoms with Gasteiger partial charge in [-0.1, -0.05) is 6.92 Å². The molecule has 0 aliphatic heterocycles. The maximum absolute atomic E-state index is 11.4. The van der Waals surface area contributed by atoms with Crippen LogP contribution >= 0.6 is 11.8 Å². The van der Waals surface area contributed by atoms with Crippen molar-refractivity contribution in [2.75, 3.05) is 5.75 Å². The van der Waals surface area contributed by atoms with E-state index in [0.717, 1.165) is 10.6 Å². The molecule has 18 heavy (non-hydrogen) atoms. The molecule has 0 saturated carbocycles. The van der Waals surface area contributed by atoms with E-state index in [0.29, 0.717) is 11.4 Å². The van der Waals surface area contributed by atoms with Gasteiger partial charge in [0.15, 0.2) is 11.4 Å². The van der Waals surface area contributed by atoms with Gasteiger partial charge in [-0.3, -0.25) is 4.79 Å². The van der Waals surface area contributed by atoms with Crippen LogP contribution in [0.5, 0.6) is 5.75 Å². The zero-order chi connectivity index (χ0) is 13.8. The Morgan fingerprint density at radius 1 is 1.61 bits per heavy atom. The van der Waals surface area contributed by atoms with E-state index in [4.69, 9.17) is 10.00 Å². The molecule has 1 rings (SSSR count). The molecule has 0 spiro atoms. The number of thioether (sulfide) groups is 1. The standard InChI is InChI=1S/C13H16N2O2S/c1-5-18-11-6-10(17-13(3,4)8-14)7-15-12(11)9(2)16/h6-7H,5H2,1-4H3. The van der Waals surface area contributed by atoms with E-state index in [1.807, 2.05) is 6.92 Å². The molecule has 0 unspecified atom stereocenters. The van der Waals surface area contributed by atoms with E-state index >= 15 is 0 Å². The Labute approximate surface area is 111 Å². The van der Waals surface area contributed by atoms with Gasteiger partial charge >= 0.3 is 0 Å². The van der Waals surface area contributed by atoms with Crippen LogP contribution in [0.3, 0.4) is 0 Å². The van der Waals surface area contributed by atoms with Crippen molar-refractivity contribution in [3.05, 3.63) is 18.0 Å². The Morgan fingerprint density at radius 3 is 2.78 bits per heavy atom. The van der Waals surface area contributed by atoms with Gasteiger partial charge in [-0.25, -0.2) is 4.98 Å². The van der Waals surface area contributed by atoms with Crippen LogP contribution in [0.15, 0.2) is 17.2 Å². The molecule has 0 aromatic carbocycles. The number of ketones is 1. The van der Waals surface area contributed by atoms with E-state index in [1.54, 1.807) is 19.9 Å². The van der Waals surface area contributed by atoms with Crippen LogP contribution in [0.4, 0.5) is 0 Å². The molecule has 0 radical (unpaired) electrons. The fourth-order valence-electron chi connectivity index (χ4n) is 1.33. The van der Waals surface area contributed by atoms with Crippen molar-refractivity contribution >= 4 is 17.5 Å². The number of hydrogen-bond acceptors (Lipinski definition) is 5. The highest BCUT2D eigenvalue weighted by molar-refractivity contribution is 7.99. The maximum atomic E-state index is 11.4. The molecule has 0 atom stereocenters. The van der Waals surface area contributed by atoms with Crippen molar-refractivity contribution in [2.45, 2.75) is 38.2 Å². The fourth-order valence-corrected chi connectivity index (χ4v) is 2.17. The third kappa shape index (κ3) is 3.74. The molecule has 5 heteroatoms. The lowest BCUT2D eigenvalue weighted by Crippen LogP contribution is -2.25. The number of pyridine rings is 1. The second-order valence-corrected chi connectivity index (χ2v) is 5.54. The molecule has 1 aromatic rings. The van der Waals surface area contributed by atoms with Crippen LogP contribution in [0.2, 0.25) is 0 Å². The van der Waals surface area contributed by atoms with Crippen LogP contribution < -0.4 is 4.74 Å². The number of ether oxygens (including phenoxy) is 1. The number of nitriles is 1. The highest BCUT2D eigenvalue weighted by Crippen LogP contribution is 2.27. The summed E-state index contributed by atoms with van der Waals surface area (Å²) in [6.45, 7) is 6.85. The second kappa shape index (κ2) is 5.87. The number of nitrogens with zero attached hydrogens (tertiary/aromatic N) is 2. The molecule has 0 N–H and O–H groups in total. The van der Waals surface area contributed by atoms with E-state index in [-0.39, 0.29) is 5.78 Å². The van der Waals surface area contributed by atoms with E-state index in [2.05, 4.69) is 11.1 Å². The predicted molar refractivity (Wildman–Crippen MR) is 71.0 cm³/mol. The number of aromatic nitrogens is 1. The van der Waals surface area contributed by atoms with Crippen LogP contribution in [0.25, 0.3) is 0 Å². The van der Waals surface area contributed by atoms with Gasteiger partial charge in [-0.05, 0) is 25.7 Å². The smallest absolute Gasteiger partial charge is 0.188 e. The Hall–Kier alpha value is -1.54. The zero-order valence-electron chi connectivity index (χ0n) is 11.0. The van der Waals surface area contributed by atoms with Crippen molar-refractivity contribution in [1.82, 2.24) is 4.98 Å². The van der Waals surface area contributed by atoms with Gasteiger partial charge in [0.2, 0.25) is 0 Å². The largest absolute Gasteiger partial charge is 0.471 e. The quantitative estimate of drug-likeness (QED) is 0.604. The number of hydrogen-bond donors (Lipinski definition) is 0. The molecule has 4 nitrogen and oxygen atoms in total. The van der Waals surface area contributed by atoms with Gasteiger partial charge in [0.05, 0.1) is 6.20 Å². The number of carbonyl (C=O) groups is 1. The first-order valence-electron chi connectivity index (χ1n) is 5.63. The normalized spacial score (nSPS) is 10.8. The summed E-state index contributed by atoms with van der Waals surface area (Å²) in [6, 6.07) is 3.82. The Kier molecular flexibility index (Phi) is 4.74.